The number of H-pyrrole nitrogens is 1. The molecule has 0 saturated carbocycles. The van der Waals surface area contributed by atoms with Crippen LogP contribution in [0.5, 0.6) is 5.75 Å². The highest BCUT2D eigenvalue weighted by Crippen LogP contribution is 2.37. The van der Waals surface area contributed by atoms with Crippen molar-refractivity contribution in [2.45, 2.75) is 12.3 Å². The molecule has 0 fully saturated rings. The number of aromatic nitrogens is 1. The van der Waals surface area contributed by atoms with Crippen molar-refractivity contribution in [2.24, 2.45) is 0 Å². The number of methoxy groups -OCH3 is 1. The van der Waals surface area contributed by atoms with Crippen LogP contribution in [0.25, 0.3) is 10.9 Å². The monoisotopic (exact) mass is 310 g/mol. The zero-order valence-electron chi connectivity index (χ0n) is 13.1. The molecule has 1 heterocycles. The Kier molecular flexibility index (Phi) is 3.78. The molecular weight excluding hydrogens is 292 g/mol. The van der Waals surface area contributed by atoms with Crippen LogP contribution in [-0.4, -0.2) is 23.6 Å². The Morgan fingerprint density at radius 1 is 1.17 bits per heavy atom. The van der Waals surface area contributed by atoms with Gasteiger partial charge < -0.3 is 9.72 Å². The number of para-hydroxylation sites is 1. The van der Waals surface area contributed by atoms with Crippen molar-refractivity contribution in [3.63, 3.8) is 0 Å². The molecule has 3 aromatic rings. The van der Waals surface area contributed by atoms with Crippen molar-refractivity contribution in [1.29, 1.82) is 0 Å². The number of aromatic amines is 1. The van der Waals surface area contributed by atoms with E-state index < -0.39 is 5.41 Å². The largest absolute Gasteiger partial charge is 0.497 e. The summed E-state index contributed by atoms with van der Waals surface area (Å²) in [5.74, 6) is 0.733. The number of nitrogens with one attached hydrogen (secondary N) is 1. The molecule has 5 heteroatoms. The number of hydrogen-bond donors (Lipinski definition) is 1. The lowest BCUT2D eigenvalue weighted by Crippen LogP contribution is -2.32. The molecule has 1 aromatic heterocycles. The summed E-state index contributed by atoms with van der Waals surface area (Å²) in [6.45, 7) is 1.73. The first-order valence-electron chi connectivity index (χ1n) is 7.37. The molecule has 0 aliphatic carbocycles. The van der Waals surface area contributed by atoms with Crippen LogP contribution < -0.4 is 4.74 Å². The summed E-state index contributed by atoms with van der Waals surface area (Å²) in [6.07, 6.45) is 1.87. The number of nitro groups is 1. The van der Waals surface area contributed by atoms with Crippen molar-refractivity contribution in [1.82, 2.24) is 4.98 Å². The van der Waals surface area contributed by atoms with E-state index in [1.54, 1.807) is 7.11 Å². The summed E-state index contributed by atoms with van der Waals surface area (Å²) in [7, 11) is 1.60. The maximum Gasteiger partial charge on any atom is 0.217 e. The van der Waals surface area contributed by atoms with Gasteiger partial charge in [0.25, 0.3) is 0 Å². The molecule has 0 spiro atoms. The number of benzene rings is 2. The van der Waals surface area contributed by atoms with E-state index in [-0.39, 0.29) is 11.5 Å². The Morgan fingerprint density at radius 2 is 1.87 bits per heavy atom. The fourth-order valence-corrected chi connectivity index (χ4v) is 3.08. The van der Waals surface area contributed by atoms with Gasteiger partial charge in [-0.3, -0.25) is 10.1 Å². The van der Waals surface area contributed by atoms with Crippen molar-refractivity contribution >= 4 is 10.9 Å². The summed E-state index contributed by atoms with van der Waals surface area (Å²) >= 11 is 0. The molecule has 118 valence electrons. The second-order valence-corrected chi connectivity index (χ2v) is 5.80. The minimum atomic E-state index is -0.727. The highest BCUT2D eigenvalue weighted by atomic mass is 16.6. The van der Waals surface area contributed by atoms with Crippen LogP contribution in [0, 0.1) is 10.1 Å². The summed E-state index contributed by atoms with van der Waals surface area (Å²) in [5.41, 5.74) is 2.07. The number of hydrogen-bond acceptors (Lipinski definition) is 3. The molecule has 0 unspecified atom stereocenters. The minimum Gasteiger partial charge on any atom is -0.497 e. The van der Waals surface area contributed by atoms with Crippen LogP contribution in [0.4, 0.5) is 0 Å². The van der Waals surface area contributed by atoms with Gasteiger partial charge in [0.1, 0.15) is 5.75 Å². The molecule has 5 nitrogen and oxygen atoms in total. The van der Waals surface area contributed by atoms with Gasteiger partial charge >= 0.3 is 0 Å². The smallest absolute Gasteiger partial charge is 0.217 e. The lowest BCUT2D eigenvalue weighted by molar-refractivity contribution is -0.488. The van der Waals surface area contributed by atoms with E-state index in [9.17, 15) is 10.1 Å². The molecule has 1 N–H and O–H groups in total. The van der Waals surface area contributed by atoms with Crippen LogP contribution in [0.15, 0.2) is 54.7 Å². The van der Waals surface area contributed by atoms with Gasteiger partial charge in [-0.1, -0.05) is 30.3 Å². The Hall–Kier alpha value is -2.82. The number of ether oxygens (including phenoxy) is 1. The molecule has 2 aromatic carbocycles. The van der Waals surface area contributed by atoms with Gasteiger partial charge in [-0.25, -0.2) is 0 Å². The molecule has 23 heavy (non-hydrogen) atoms. The zero-order valence-corrected chi connectivity index (χ0v) is 13.1. The zero-order chi connectivity index (χ0) is 16.4. The number of nitrogens with zero attached hydrogens (tertiary/aromatic N) is 1. The summed E-state index contributed by atoms with van der Waals surface area (Å²) < 4.78 is 5.18. The minimum absolute atomic E-state index is 0.179. The molecule has 0 bridgehead atoms. The fourth-order valence-electron chi connectivity index (χ4n) is 3.08. The topological polar surface area (TPSA) is 68.2 Å². The van der Waals surface area contributed by atoms with E-state index >= 15 is 0 Å². The maximum absolute atomic E-state index is 11.3. The Morgan fingerprint density at radius 3 is 2.52 bits per heavy atom. The van der Waals surface area contributed by atoms with Gasteiger partial charge in [0.05, 0.1) is 12.5 Å². The normalized spacial score (nSPS) is 13.7. The van der Waals surface area contributed by atoms with Crippen molar-refractivity contribution < 1.29 is 9.66 Å². The van der Waals surface area contributed by atoms with Gasteiger partial charge in [-0.2, -0.15) is 0 Å². The highest BCUT2D eigenvalue weighted by molar-refractivity contribution is 5.84. The molecule has 3 rings (SSSR count). The summed E-state index contributed by atoms with van der Waals surface area (Å²) in [4.78, 5) is 14.3. The van der Waals surface area contributed by atoms with Crippen LogP contribution in [0.3, 0.4) is 0 Å². The first-order chi connectivity index (χ1) is 11.0. The lowest BCUT2D eigenvalue weighted by atomic mass is 9.76. The third kappa shape index (κ3) is 2.65. The molecular formula is C18H18N2O3. The average Bonchev–Trinajstić information content (AvgIpc) is 2.99. The van der Waals surface area contributed by atoms with Crippen LogP contribution in [-0.2, 0) is 5.41 Å². The average molecular weight is 310 g/mol. The first kappa shape index (κ1) is 15.1. The fraction of sp³-hybridized carbons (Fsp3) is 0.222. The van der Waals surface area contributed by atoms with Crippen LogP contribution in [0.2, 0.25) is 0 Å². The quantitative estimate of drug-likeness (QED) is 0.576. The van der Waals surface area contributed by atoms with Gasteiger partial charge in [0, 0.05) is 22.0 Å². The van der Waals surface area contributed by atoms with Crippen LogP contribution >= 0.6 is 0 Å². The van der Waals surface area contributed by atoms with Crippen LogP contribution in [0.1, 0.15) is 18.1 Å². The molecule has 0 saturated heterocycles. The van der Waals surface area contributed by atoms with E-state index in [0.29, 0.717) is 0 Å². The molecule has 0 aliphatic heterocycles. The Labute approximate surface area is 134 Å². The third-order valence-electron chi connectivity index (χ3n) is 4.36. The van der Waals surface area contributed by atoms with E-state index in [1.807, 2.05) is 61.7 Å². The van der Waals surface area contributed by atoms with E-state index in [1.165, 1.54) is 0 Å². The Bertz CT molecular complexity index is 839. The molecule has 0 aliphatic rings. The highest BCUT2D eigenvalue weighted by Gasteiger charge is 2.36. The van der Waals surface area contributed by atoms with Crippen molar-refractivity contribution in [2.75, 3.05) is 13.7 Å². The standard InChI is InChI=1S/C18H18N2O3/c1-18(12-20(21)22,13-7-9-14(23-2)10-8-13)16-11-19-17-6-4-3-5-15(16)17/h3-11,19H,12H2,1-2H3/t18-/m0/s1. The second kappa shape index (κ2) is 5.76. The predicted molar refractivity (Wildman–Crippen MR) is 89.6 cm³/mol. The molecule has 0 amide bonds. The number of rotatable bonds is 5. The Balaban J connectivity index is 2.17. The summed E-state index contributed by atoms with van der Waals surface area (Å²) in [6, 6.07) is 15.3. The SMILES string of the molecule is COc1ccc([C@](C)(C[N+](=O)[O-])c2c[nH]c3ccccc23)cc1. The summed E-state index contributed by atoms with van der Waals surface area (Å²) in [5, 5.41) is 12.3. The molecule has 0 radical (unpaired) electrons. The van der Waals surface area contributed by atoms with Crippen molar-refractivity contribution in [3.05, 3.63) is 76.0 Å². The van der Waals surface area contributed by atoms with Crippen molar-refractivity contribution in [3.8, 4) is 5.75 Å². The maximum atomic E-state index is 11.3. The first-order valence-corrected chi connectivity index (χ1v) is 7.37. The van der Waals surface area contributed by atoms with Gasteiger partial charge in [0.15, 0.2) is 0 Å². The van der Waals surface area contributed by atoms with E-state index in [0.717, 1.165) is 27.8 Å². The lowest BCUT2D eigenvalue weighted by Gasteiger charge is -2.26. The van der Waals surface area contributed by atoms with E-state index in [2.05, 4.69) is 4.98 Å². The molecule has 1 atom stereocenters. The van der Waals surface area contributed by atoms with Gasteiger partial charge in [0.2, 0.25) is 6.54 Å². The predicted octanol–water partition coefficient (Wildman–Crippen LogP) is 3.76. The number of fused-ring (bicyclic) bond motifs is 1. The van der Waals surface area contributed by atoms with E-state index in [4.69, 9.17) is 4.74 Å². The van der Waals surface area contributed by atoms with Gasteiger partial charge in [-0.15, -0.1) is 0 Å². The second-order valence-electron chi connectivity index (χ2n) is 5.80. The third-order valence-corrected chi connectivity index (χ3v) is 4.36. The van der Waals surface area contributed by atoms with Gasteiger partial charge in [-0.05, 0) is 36.2 Å².